The molecule has 0 saturated heterocycles. The standard InChI is InChI=1S/C12H14N2O6S/c1-8-7-9(14(17)18)3-4-10(8)21(19,20)13-12(11(15)16)5-2-6-12/h3-4,7,13H,2,5-6H2,1H3,(H,15,16). The Morgan fingerprint density at radius 3 is 2.43 bits per heavy atom. The highest BCUT2D eigenvalue weighted by Gasteiger charge is 2.47. The maximum Gasteiger partial charge on any atom is 0.324 e. The molecule has 0 atom stereocenters. The first-order valence-corrected chi connectivity index (χ1v) is 7.69. The highest BCUT2D eigenvalue weighted by molar-refractivity contribution is 7.89. The van der Waals surface area contributed by atoms with E-state index in [0.717, 1.165) is 18.2 Å². The Labute approximate surface area is 121 Å². The fourth-order valence-corrected chi connectivity index (χ4v) is 3.90. The Morgan fingerprint density at radius 1 is 1.43 bits per heavy atom. The fraction of sp³-hybridized carbons (Fsp3) is 0.417. The highest BCUT2D eigenvalue weighted by atomic mass is 32.2. The summed E-state index contributed by atoms with van der Waals surface area (Å²) in [5.74, 6) is -1.21. The third-order valence-corrected chi connectivity index (χ3v) is 5.30. The number of hydrogen-bond donors (Lipinski definition) is 2. The van der Waals surface area contributed by atoms with Gasteiger partial charge in [0, 0.05) is 12.1 Å². The van der Waals surface area contributed by atoms with E-state index in [0.29, 0.717) is 6.42 Å². The normalized spacial score (nSPS) is 17.0. The summed E-state index contributed by atoms with van der Waals surface area (Å²) < 4.78 is 26.8. The molecule has 0 bridgehead atoms. The number of hydrogen-bond acceptors (Lipinski definition) is 5. The van der Waals surface area contributed by atoms with E-state index < -0.39 is 26.5 Å². The van der Waals surface area contributed by atoms with Crippen molar-refractivity contribution in [3.8, 4) is 0 Å². The average Bonchev–Trinajstić information content (AvgIpc) is 2.32. The van der Waals surface area contributed by atoms with Crippen molar-refractivity contribution >= 4 is 21.7 Å². The number of carboxylic acid groups (broad SMARTS) is 1. The van der Waals surface area contributed by atoms with E-state index >= 15 is 0 Å². The lowest BCUT2D eigenvalue weighted by Crippen LogP contribution is -2.58. The molecule has 2 N–H and O–H groups in total. The van der Waals surface area contributed by atoms with Gasteiger partial charge >= 0.3 is 5.97 Å². The molecule has 0 aliphatic heterocycles. The Kier molecular flexibility index (Phi) is 3.72. The van der Waals surface area contributed by atoms with Gasteiger partial charge in [-0.05, 0) is 37.8 Å². The maximum absolute atomic E-state index is 12.3. The number of aryl methyl sites for hydroxylation is 1. The van der Waals surface area contributed by atoms with Crippen molar-refractivity contribution in [3.63, 3.8) is 0 Å². The summed E-state index contributed by atoms with van der Waals surface area (Å²) >= 11 is 0. The number of sulfonamides is 1. The highest BCUT2D eigenvalue weighted by Crippen LogP contribution is 2.34. The van der Waals surface area contributed by atoms with Gasteiger partial charge in [-0.2, -0.15) is 4.72 Å². The van der Waals surface area contributed by atoms with E-state index in [4.69, 9.17) is 5.11 Å². The van der Waals surface area contributed by atoms with Crippen LogP contribution in [0.1, 0.15) is 24.8 Å². The van der Waals surface area contributed by atoms with Crippen molar-refractivity contribution in [2.45, 2.75) is 36.6 Å². The number of carbonyl (C=O) groups is 1. The Balaban J connectivity index is 2.36. The summed E-state index contributed by atoms with van der Waals surface area (Å²) in [7, 11) is -4.05. The molecular formula is C12H14N2O6S. The van der Waals surface area contributed by atoms with E-state index in [9.17, 15) is 23.3 Å². The van der Waals surface area contributed by atoms with E-state index in [1.54, 1.807) is 0 Å². The molecule has 9 heteroatoms. The summed E-state index contributed by atoms with van der Waals surface area (Å²) in [6, 6.07) is 3.34. The molecule has 0 spiro atoms. The lowest BCUT2D eigenvalue weighted by Gasteiger charge is -2.37. The number of rotatable bonds is 5. The van der Waals surface area contributed by atoms with Gasteiger partial charge in [-0.3, -0.25) is 14.9 Å². The summed E-state index contributed by atoms with van der Waals surface area (Å²) in [6.45, 7) is 1.43. The molecule has 0 radical (unpaired) electrons. The summed E-state index contributed by atoms with van der Waals surface area (Å²) in [5, 5.41) is 19.8. The maximum atomic E-state index is 12.3. The lowest BCUT2D eigenvalue weighted by molar-refractivity contribution is -0.385. The van der Waals surface area contributed by atoms with Gasteiger partial charge in [-0.25, -0.2) is 8.42 Å². The van der Waals surface area contributed by atoms with Gasteiger partial charge < -0.3 is 5.11 Å². The molecule has 114 valence electrons. The van der Waals surface area contributed by atoms with Crippen LogP contribution in [0.25, 0.3) is 0 Å². The van der Waals surface area contributed by atoms with E-state index in [1.807, 2.05) is 0 Å². The van der Waals surface area contributed by atoms with Gasteiger partial charge in [0.1, 0.15) is 5.54 Å². The molecule has 0 aromatic heterocycles. The van der Waals surface area contributed by atoms with Crippen LogP contribution in [0.2, 0.25) is 0 Å². The summed E-state index contributed by atoms with van der Waals surface area (Å²) in [4.78, 5) is 21.1. The van der Waals surface area contributed by atoms with Crippen molar-refractivity contribution in [2.24, 2.45) is 0 Å². The molecule has 1 saturated carbocycles. The van der Waals surface area contributed by atoms with Crippen LogP contribution in [0, 0.1) is 17.0 Å². The van der Waals surface area contributed by atoms with Crippen LogP contribution >= 0.6 is 0 Å². The molecule has 0 amide bonds. The zero-order chi connectivity index (χ0) is 15.8. The minimum absolute atomic E-state index is 0.152. The van der Waals surface area contributed by atoms with Crippen molar-refractivity contribution in [1.29, 1.82) is 0 Å². The second-order valence-electron chi connectivity index (χ2n) is 5.05. The molecule has 1 aromatic rings. The topological polar surface area (TPSA) is 127 Å². The van der Waals surface area contributed by atoms with Crippen LogP contribution in [0.3, 0.4) is 0 Å². The minimum atomic E-state index is -4.05. The second kappa shape index (κ2) is 5.08. The average molecular weight is 314 g/mol. The van der Waals surface area contributed by atoms with Crippen LogP contribution in [0.4, 0.5) is 5.69 Å². The van der Waals surface area contributed by atoms with E-state index in [-0.39, 0.29) is 29.0 Å². The zero-order valence-corrected chi connectivity index (χ0v) is 12.0. The van der Waals surface area contributed by atoms with Gasteiger partial charge in [0.05, 0.1) is 9.82 Å². The molecular weight excluding hydrogens is 300 g/mol. The molecule has 8 nitrogen and oxygen atoms in total. The molecule has 1 aromatic carbocycles. The third kappa shape index (κ3) is 2.74. The number of aliphatic carboxylic acids is 1. The SMILES string of the molecule is Cc1cc([N+](=O)[O-])ccc1S(=O)(=O)NC1(C(=O)O)CCC1. The van der Waals surface area contributed by atoms with Crippen LogP contribution in [0.15, 0.2) is 23.1 Å². The first-order chi connectivity index (χ1) is 9.68. The third-order valence-electron chi connectivity index (χ3n) is 3.61. The quantitative estimate of drug-likeness (QED) is 0.621. The molecule has 1 aliphatic carbocycles. The van der Waals surface area contributed by atoms with Crippen molar-refractivity contribution in [2.75, 3.05) is 0 Å². The Hall–Kier alpha value is -2.00. The number of carboxylic acids is 1. The minimum Gasteiger partial charge on any atom is -0.480 e. The van der Waals surface area contributed by atoms with Crippen LogP contribution in [0.5, 0.6) is 0 Å². The Morgan fingerprint density at radius 2 is 2.05 bits per heavy atom. The van der Waals surface area contributed by atoms with Crippen molar-refractivity contribution < 1.29 is 23.2 Å². The van der Waals surface area contributed by atoms with Crippen molar-refractivity contribution in [3.05, 3.63) is 33.9 Å². The smallest absolute Gasteiger partial charge is 0.324 e. The van der Waals surface area contributed by atoms with E-state index in [1.165, 1.54) is 6.92 Å². The van der Waals surface area contributed by atoms with Gasteiger partial charge in [0.15, 0.2) is 0 Å². The van der Waals surface area contributed by atoms with Crippen LogP contribution < -0.4 is 4.72 Å². The molecule has 21 heavy (non-hydrogen) atoms. The first-order valence-electron chi connectivity index (χ1n) is 6.20. The van der Waals surface area contributed by atoms with Crippen molar-refractivity contribution in [1.82, 2.24) is 4.72 Å². The lowest BCUT2D eigenvalue weighted by atomic mass is 9.78. The zero-order valence-electron chi connectivity index (χ0n) is 11.2. The largest absolute Gasteiger partial charge is 0.480 e. The number of nitrogens with one attached hydrogen (secondary N) is 1. The Bertz CT molecular complexity index is 708. The molecule has 1 aliphatic rings. The predicted molar refractivity (Wildman–Crippen MR) is 72.4 cm³/mol. The first kappa shape index (κ1) is 15.4. The molecule has 2 rings (SSSR count). The molecule has 1 fully saturated rings. The fourth-order valence-electron chi connectivity index (χ4n) is 2.25. The van der Waals surface area contributed by atoms with Gasteiger partial charge in [0.25, 0.3) is 5.69 Å². The number of non-ortho nitro benzene ring substituents is 1. The van der Waals surface area contributed by atoms with Gasteiger partial charge in [0.2, 0.25) is 10.0 Å². The van der Waals surface area contributed by atoms with Crippen LogP contribution in [-0.2, 0) is 14.8 Å². The second-order valence-corrected chi connectivity index (χ2v) is 6.70. The number of benzene rings is 1. The number of nitro benzene ring substituents is 1. The molecule has 0 heterocycles. The van der Waals surface area contributed by atoms with Gasteiger partial charge in [-0.15, -0.1) is 0 Å². The molecule has 0 unspecified atom stereocenters. The van der Waals surface area contributed by atoms with Gasteiger partial charge in [-0.1, -0.05) is 0 Å². The number of nitro groups is 1. The summed E-state index contributed by atoms with van der Waals surface area (Å²) in [5.41, 5.74) is -1.49. The summed E-state index contributed by atoms with van der Waals surface area (Å²) in [6.07, 6.45) is 1.09. The monoisotopic (exact) mass is 314 g/mol. The van der Waals surface area contributed by atoms with E-state index in [2.05, 4.69) is 4.72 Å². The number of nitrogens with zero attached hydrogens (tertiary/aromatic N) is 1. The predicted octanol–water partition coefficient (Wildman–Crippen LogP) is 1.19. The van der Waals surface area contributed by atoms with Crippen LogP contribution in [-0.4, -0.2) is 30.0 Å².